The largest absolute Gasteiger partial charge is 0.244 e. The lowest BCUT2D eigenvalue weighted by Crippen LogP contribution is -2.21. The molecule has 0 bridgehead atoms. The summed E-state index contributed by atoms with van der Waals surface area (Å²) in [6.07, 6.45) is 13.0. The molecule has 0 unspecified atom stereocenters. The summed E-state index contributed by atoms with van der Waals surface area (Å²) in [4.78, 5) is 10.8. The molecular weight excluding hydrogens is 412 g/mol. The Labute approximate surface area is 208 Å². The van der Waals surface area contributed by atoms with Gasteiger partial charge in [0.1, 0.15) is 0 Å². The van der Waals surface area contributed by atoms with Gasteiger partial charge in [-0.1, -0.05) is 110 Å². The lowest BCUT2D eigenvalue weighted by Gasteiger charge is -2.30. The summed E-state index contributed by atoms with van der Waals surface area (Å²) in [6, 6.07) is 4.56. The quantitative estimate of drug-likeness (QED) is 0.333. The van der Waals surface area contributed by atoms with Gasteiger partial charge in [-0.05, 0) is 60.6 Å². The predicted molar refractivity (Wildman–Crippen MR) is 152 cm³/mol. The van der Waals surface area contributed by atoms with Crippen LogP contribution in [0.25, 0.3) is 22.2 Å². The molecule has 0 aliphatic rings. The molecule has 1 heterocycles. The maximum Gasteiger partial charge on any atom is 0.0972 e. The Balaban J connectivity index is 3.19. The molecule has 0 aliphatic carbocycles. The highest BCUT2D eigenvalue weighted by Gasteiger charge is 2.29. The van der Waals surface area contributed by atoms with Gasteiger partial charge >= 0.3 is 0 Å². The van der Waals surface area contributed by atoms with Gasteiger partial charge in [0.25, 0.3) is 0 Å². The summed E-state index contributed by atoms with van der Waals surface area (Å²) < 4.78 is 0. The first-order chi connectivity index (χ1) is 16.0. The van der Waals surface area contributed by atoms with Gasteiger partial charge in [0.2, 0.25) is 0 Å². The van der Waals surface area contributed by atoms with Crippen LogP contribution in [-0.2, 0) is 10.8 Å². The van der Waals surface area contributed by atoms with Crippen molar-refractivity contribution in [3.05, 3.63) is 83.8 Å². The van der Waals surface area contributed by atoms with Gasteiger partial charge in [0.05, 0.1) is 22.4 Å². The second-order valence-corrected chi connectivity index (χ2v) is 10.4. The van der Waals surface area contributed by atoms with Gasteiger partial charge in [0, 0.05) is 5.57 Å². The van der Waals surface area contributed by atoms with Gasteiger partial charge in [0.15, 0.2) is 0 Å². The summed E-state index contributed by atoms with van der Waals surface area (Å²) in [7, 11) is 0. The zero-order valence-corrected chi connectivity index (χ0v) is 23.0. The van der Waals surface area contributed by atoms with E-state index in [1.54, 1.807) is 6.08 Å². The maximum absolute atomic E-state index is 5.41. The van der Waals surface area contributed by atoms with Gasteiger partial charge in [-0.15, -0.1) is 0 Å². The van der Waals surface area contributed by atoms with Crippen molar-refractivity contribution in [2.45, 2.75) is 92.4 Å². The highest BCUT2D eigenvalue weighted by Crippen LogP contribution is 2.39. The van der Waals surface area contributed by atoms with Crippen LogP contribution in [0.1, 0.15) is 104 Å². The highest BCUT2D eigenvalue weighted by molar-refractivity contribution is 5.91. The van der Waals surface area contributed by atoms with E-state index in [1.165, 1.54) is 16.7 Å². The SMILES string of the molecule is C=C/C=C(\C=C)c1nc2c(C(C)(C)CC)ccc(C(C)(C)CC)c2nc1C(/C=C(/C)CC)=C/C. The molecule has 2 aromatic rings. The molecule has 2 heteroatoms. The van der Waals surface area contributed by atoms with Gasteiger partial charge < -0.3 is 0 Å². The van der Waals surface area contributed by atoms with E-state index in [0.29, 0.717) is 0 Å². The average molecular weight is 457 g/mol. The Hall–Kier alpha value is -2.74. The zero-order valence-electron chi connectivity index (χ0n) is 23.0. The number of fused-ring (bicyclic) bond motifs is 1. The second-order valence-electron chi connectivity index (χ2n) is 10.4. The van der Waals surface area contributed by atoms with Crippen molar-refractivity contribution in [2.24, 2.45) is 0 Å². The summed E-state index contributed by atoms with van der Waals surface area (Å²) in [5, 5.41) is 0. The molecule has 0 N–H and O–H groups in total. The molecule has 0 atom stereocenters. The van der Waals surface area contributed by atoms with E-state index in [1.807, 2.05) is 12.2 Å². The number of nitrogens with zero attached hydrogens (tertiary/aromatic N) is 2. The van der Waals surface area contributed by atoms with Crippen molar-refractivity contribution >= 4 is 22.2 Å². The molecule has 0 saturated heterocycles. The van der Waals surface area contributed by atoms with Gasteiger partial charge in [-0.3, -0.25) is 0 Å². The van der Waals surface area contributed by atoms with Crippen LogP contribution in [0.15, 0.2) is 61.2 Å². The Morgan fingerprint density at radius 3 is 1.68 bits per heavy atom. The first kappa shape index (κ1) is 27.5. The molecule has 0 amide bonds. The molecule has 34 heavy (non-hydrogen) atoms. The van der Waals surface area contributed by atoms with Crippen LogP contribution in [-0.4, -0.2) is 9.97 Å². The van der Waals surface area contributed by atoms with Gasteiger partial charge in [-0.25, -0.2) is 9.97 Å². The zero-order chi connectivity index (χ0) is 25.7. The standard InChI is InChI=1S/C32H44N2/c1-12-18-23(14-3)27-28(24(15-4)21-22(7)13-2)34-30-26(32(10,11)17-6)20-19-25(29(30)33-27)31(8,9)16-5/h12,14-15,18-21H,1,3,13,16-17H2,2,4-11H3/b22-21-,23-18+,24-15+. The van der Waals surface area contributed by atoms with E-state index in [-0.39, 0.29) is 10.8 Å². The van der Waals surface area contributed by atoms with Crippen LogP contribution in [0.5, 0.6) is 0 Å². The Morgan fingerprint density at radius 1 is 0.853 bits per heavy atom. The first-order valence-corrected chi connectivity index (χ1v) is 12.7. The number of benzene rings is 1. The van der Waals surface area contributed by atoms with E-state index in [9.17, 15) is 0 Å². The molecule has 0 spiro atoms. The van der Waals surface area contributed by atoms with Crippen LogP contribution in [0.3, 0.4) is 0 Å². The fourth-order valence-corrected chi connectivity index (χ4v) is 4.04. The lowest BCUT2D eigenvalue weighted by atomic mass is 9.76. The summed E-state index contributed by atoms with van der Waals surface area (Å²) in [5.74, 6) is 0. The molecular formula is C32H44N2. The van der Waals surface area contributed by atoms with Crippen LogP contribution in [0, 0.1) is 0 Å². The normalized spacial score (nSPS) is 14.0. The molecule has 0 aliphatic heterocycles. The molecule has 182 valence electrons. The number of allylic oxidation sites excluding steroid dienone is 8. The smallest absolute Gasteiger partial charge is 0.0972 e. The molecule has 2 nitrogen and oxygen atoms in total. The monoisotopic (exact) mass is 456 g/mol. The van der Waals surface area contributed by atoms with Gasteiger partial charge in [-0.2, -0.15) is 0 Å². The third kappa shape index (κ3) is 5.49. The number of hydrogen-bond donors (Lipinski definition) is 0. The molecule has 0 saturated carbocycles. The third-order valence-corrected chi connectivity index (χ3v) is 7.38. The third-order valence-electron chi connectivity index (χ3n) is 7.38. The van der Waals surface area contributed by atoms with Crippen molar-refractivity contribution < 1.29 is 0 Å². The molecule has 0 radical (unpaired) electrons. The van der Waals surface area contributed by atoms with Crippen LogP contribution >= 0.6 is 0 Å². The van der Waals surface area contributed by atoms with Crippen molar-refractivity contribution in [1.82, 2.24) is 9.97 Å². The Morgan fingerprint density at radius 2 is 1.32 bits per heavy atom. The van der Waals surface area contributed by atoms with Crippen molar-refractivity contribution in [3.63, 3.8) is 0 Å². The average Bonchev–Trinajstić information content (AvgIpc) is 2.83. The van der Waals surface area contributed by atoms with Crippen LogP contribution in [0.4, 0.5) is 0 Å². The van der Waals surface area contributed by atoms with Crippen LogP contribution < -0.4 is 0 Å². The topological polar surface area (TPSA) is 25.8 Å². The fraction of sp³-hybridized carbons (Fsp3) is 0.438. The Kier molecular flexibility index (Phi) is 9.00. The molecule has 0 fully saturated rings. The van der Waals surface area contributed by atoms with E-state index in [4.69, 9.17) is 9.97 Å². The second kappa shape index (κ2) is 11.1. The van der Waals surface area contributed by atoms with E-state index in [0.717, 1.165) is 52.8 Å². The predicted octanol–water partition coefficient (Wildman–Crippen LogP) is 9.52. The number of hydrogen-bond acceptors (Lipinski definition) is 2. The van der Waals surface area contributed by atoms with Crippen LogP contribution in [0.2, 0.25) is 0 Å². The summed E-state index contributed by atoms with van der Waals surface area (Å²) >= 11 is 0. The lowest BCUT2D eigenvalue weighted by molar-refractivity contribution is 0.501. The van der Waals surface area contributed by atoms with Crippen molar-refractivity contribution in [2.75, 3.05) is 0 Å². The molecule has 1 aromatic carbocycles. The van der Waals surface area contributed by atoms with E-state index in [2.05, 4.69) is 99.8 Å². The minimum Gasteiger partial charge on any atom is -0.244 e. The summed E-state index contributed by atoms with van der Waals surface area (Å²) in [6.45, 7) is 28.1. The first-order valence-electron chi connectivity index (χ1n) is 12.7. The Bertz CT molecular complexity index is 1150. The summed E-state index contributed by atoms with van der Waals surface area (Å²) in [5.41, 5.74) is 9.55. The molecule has 2 rings (SSSR count). The number of aromatic nitrogens is 2. The minimum absolute atomic E-state index is 0.00983. The van der Waals surface area contributed by atoms with Crippen molar-refractivity contribution in [3.8, 4) is 0 Å². The maximum atomic E-state index is 5.41. The van der Waals surface area contributed by atoms with E-state index >= 15 is 0 Å². The van der Waals surface area contributed by atoms with Crippen molar-refractivity contribution in [1.29, 1.82) is 0 Å². The fourth-order valence-electron chi connectivity index (χ4n) is 4.04. The molecule has 1 aromatic heterocycles. The number of rotatable bonds is 10. The highest BCUT2D eigenvalue weighted by atomic mass is 14.8. The minimum atomic E-state index is -0.0147. The van der Waals surface area contributed by atoms with E-state index < -0.39 is 0 Å².